The summed E-state index contributed by atoms with van der Waals surface area (Å²) >= 11 is 0. The third kappa shape index (κ3) is 9.14. The van der Waals surface area contributed by atoms with E-state index in [1.807, 2.05) is 45.0 Å². The molecule has 2 fully saturated rings. The molecule has 0 unspecified atom stereocenters. The minimum absolute atomic E-state index is 0.104. The Morgan fingerprint density at radius 2 is 1.37 bits per heavy atom. The van der Waals surface area contributed by atoms with Crippen LogP contribution in [-0.4, -0.2) is 86.5 Å². The number of likely N-dealkylation sites (tertiary alicyclic amines) is 2. The average Bonchev–Trinajstić information content (AvgIpc) is 3.93. The zero-order valence-corrected chi connectivity index (χ0v) is 29.9. The SMILES string of the molecule is COC(=O)N[C@@H](CCC(F)(F)F)CN1CCC[C@H]1c1ncc(-c2ccc(-c3ccc(-c4cnc([C@@H]5CCCN5C(=O)OC(C)(C)C)[nH]4)cc3)cc2)[nH]1. The molecule has 2 saturated heterocycles. The van der Waals surface area contributed by atoms with E-state index in [9.17, 15) is 22.8 Å². The molecule has 4 heterocycles. The number of nitrogens with zero attached hydrogens (tertiary/aromatic N) is 4. The van der Waals surface area contributed by atoms with Gasteiger partial charge >= 0.3 is 18.4 Å². The standard InChI is InChI=1S/C38H46F3N7O4/c1-37(2,3)52-36(50)48-20-6-8-32(48)34-43-22-30(46-34)27-15-11-25(12-16-27)24-9-13-26(14-10-24)29-21-42-33(45-29)31-7-5-19-47(31)23-28(44-35(49)51-4)17-18-38(39,40)41/h9-16,21-22,28,31-32H,5-8,17-20,23H2,1-4H3,(H,42,45)(H,43,46)(H,44,49)/t28-,31-,32-/m0/s1. The second kappa shape index (κ2) is 15.4. The molecule has 2 aliphatic heterocycles. The van der Waals surface area contributed by atoms with E-state index in [-0.39, 0.29) is 31.1 Å². The van der Waals surface area contributed by atoms with Crippen LogP contribution in [0.5, 0.6) is 0 Å². The van der Waals surface area contributed by atoms with Gasteiger partial charge in [-0.15, -0.1) is 0 Å². The number of alkyl halides is 3. The Labute approximate surface area is 301 Å². The third-order valence-corrected chi connectivity index (χ3v) is 9.53. The minimum atomic E-state index is -4.31. The fourth-order valence-corrected chi connectivity index (χ4v) is 6.99. The van der Waals surface area contributed by atoms with E-state index in [1.165, 1.54) is 7.11 Å². The van der Waals surface area contributed by atoms with Crippen LogP contribution in [0.2, 0.25) is 0 Å². The maximum atomic E-state index is 13.0. The van der Waals surface area contributed by atoms with Crippen LogP contribution in [0.1, 0.15) is 83.0 Å². The fraction of sp³-hybridized carbons (Fsp3) is 0.474. The molecule has 0 spiro atoms. The summed E-state index contributed by atoms with van der Waals surface area (Å²) in [6, 6.07) is 15.4. The molecule has 0 radical (unpaired) electrons. The van der Waals surface area contributed by atoms with Gasteiger partial charge < -0.3 is 24.8 Å². The number of rotatable bonds is 10. The second-order valence-corrected chi connectivity index (χ2v) is 14.5. The van der Waals surface area contributed by atoms with Crippen LogP contribution in [0.15, 0.2) is 60.9 Å². The van der Waals surface area contributed by atoms with Crippen molar-refractivity contribution in [2.24, 2.45) is 0 Å². The highest BCUT2D eigenvalue weighted by Crippen LogP contribution is 2.35. The van der Waals surface area contributed by atoms with Gasteiger partial charge in [0.1, 0.15) is 17.2 Å². The Morgan fingerprint density at radius 1 is 0.846 bits per heavy atom. The molecule has 6 rings (SSSR count). The molecule has 14 heteroatoms. The first-order valence-electron chi connectivity index (χ1n) is 17.7. The van der Waals surface area contributed by atoms with Crippen LogP contribution in [0.3, 0.4) is 0 Å². The number of H-pyrrole nitrogens is 2. The number of carbonyl (C=O) groups is 2. The largest absolute Gasteiger partial charge is 0.453 e. The van der Waals surface area contributed by atoms with Crippen LogP contribution in [0, 0.1) is 0 Å². The number of halogens is 3. The van der Waals surface area contributed by atoms with E-state index < -0.39 is 30.3 Å². The van der Waals surface area contributed by atoms with Gasteiger partial charge in [0.05, 0.1) is 43.0 Å². The Kier molecular flexibility index (Phi) is 10.9. The van der Waals surface area contributed by atoms with Gasteiger partial charge in [-0.2, -0.15) is 13.2 Å². The van der Waals surface area contributed by atoms with Crippen LogP contribution in [-0.2, 0) is 9.47 Å². The van der Waals surface area contributed by atoms with Gasteiger partial charge in [-0.3, -0.25) is 9.80 Å². The first kappa shape index (κ1) is 36.9. The molecule has 0 aliphatic carbocycles. The summed E-state index contributed by atoms with van der Waals surface area (Å²) in [7, 11) is 1.19. The summed E-state index contributed by atoms with van der Waals surface area (Å²) in [6.07, 6.45) is 0.360. The Balaban J connectivity index is 1.08. The van der Waals surface area contributed by atoms with E-state index in [0.29, 0.717) is 13.1 Å². The molecule has 0 bridgehead atoms. The highest BCUT2D eigenvalue weighted by Gasteiger charge is 2.36. The number of methoxy groups -OCH3 is 1. The molecule has 2 aromatic carbocycles. The topological polar surface area (TPSA) is 128 Å². The predicted molar refractivity (Wildman–Crippen MR) is 190 cm³/mol. The first-order chi connectivity index (χ1) is 24.8. The molecule has 2 amide bonds. The number of alkyl carbamates (subject to hydrolysis) is 1. The summed E-state index contributed by atoms with van der Waals surface area (Å²) in [5.41, 5.74) is 5.19. The molecule has 11 nitrogen and oxygen atoms in total. The molecule has 3 atom stereocenters. The quantitative estimate of drug-likeness (QED) is 0.150. The molecular weight excluding hydrogens is 675 g/mol. The van der Waals surface area contributed by atoms with E-state index in [4.69, 9.17) is 4.74 Å². The van der Waals surface area contributed by atoms with Crippen LogP contribution >= 0.6 is 0 Å². The number of ether oxygens (including phenoxy) is 2. The number of amides is 2. The first-order valence-corrected chi connectivity index (χ1v) is 17.7. The van der Waals surface area contributed by atoms with Crippen molar-refractivity contribution in [3.05, 3.63) is 72.6 Å². The van der Waals surface area contributed by atoms with Crippen molar-refractivity contribution < 1.29 is 32.2 Å². The van der Waals surface area contributed by atoms with E-state index >= 15 is 0 Å². The predicted octanol–water partition coefficient (Wildman–Crippen LogP) is 8.41. The second-order valence-electron chi connectivity index (χ2n) is 14.5. The zero-order valence-electron chi connectivity index (χ0n) is 29.9. The molecule has 4 aromatic rings. The lowest BCUT2D eigenvalue weighted by Gasteiger charge is -2.28. The highest BCUT2D eigenvalue weighted by atomic mass is 19.4. The molecule has 278 valence electrons. The number of benzene rings is 2. The molecule has 0 saturated carbocycles. The monoisotopic (exact) mass is 721 g/mol. The van der Waals surface area contributed by atoms with Crippen LogP contribution in [0.4, 0.5) is 22.8 Å². The summed E-state index contributed by atoms with van der Waals surface area (Å²) in [5, 5.41) is 2.57. The van der Waals surface area contributed by atoms with Crippen molar-refractivity contribution in [3.63, 3.8) is 0 Å². The summed E-state index contributed by atoms with van der Waals surface area (Å²) in [5.74, 6) is 1.49. The van der Waals surface area contributed by atoms with Gasteiger partial charge in [0.2, 0.25) is 0 Å². The van der Waals surface area contributed by atoms with Gasteiger partial charge in [-0.1, -0.05) is 48.5 Å². The molecule has 2 aliphatic rings. The van der Waals surface area contributed by atoms with Crippen molar-refractivity contribution >= 4 is 12.2 Å². The molecular formula is C38H46F3N7O4. The molecule has 52 heavy (non-hydrogen) atoms. The lowest BCUT2D eigenvalue weighted by molar-refractivity contribution is -0.136. The number of aromatic amines is 2. The summed E-state index contributed by atoms with van der Waals surface area (Å²) < 4.78 is 49.2. The Bertz CT molecular complexity index is 1820. The average molecular weight is 722 g/mol. The number of hydrogen-bond donors (Lipinski definition) is 3. The van der Waals surface area contributed by atoms with E-state index in [0.717, 1.165) is 71.0 Å². The third-order valence-electron chi connectivity index (χ3n) is 9.53. The van der Waals surface area contributed by atoms with Gasteiger partial charge in [-0.05, 0) is 81.7 Å². The minimum Gasteiger partial charge on any atom is -0.453 e. The number of imidazole rings is 2. The normalized spacial score (nSPS) is 18.8. The molecule has 2 aromatic heterocycles. The maximum Gasteiger partial charge on any atom is 0.410 e. The van der Waals surface area contributed by atoms with Crippen LogP contribution in [0.25, 0.3) is 33.6 Å². The zero-order chi connectivity index (χ0) is 37.0. The number of hydrogen-bond acceptors (Lipinski definition) is 7. The van der Waals surface area contributed by atoms with Crippen molar-refractivity contribution in [1.29, 1.82) is 0 Å². The van der Waals surface area contributed by atoms with Gasteiger partial charge in [0.25, 0.3) is 0 Å². The van der Waals surface area contributed by atoms with Gasteiger partial charge in [-0.25, -0.2) is 19.6 Å². The highest BCUT2D eigenvalue weighted by molar-refractivity contribution is 5.72. The Morgan fingerprint density at radius 3 is 1.90 bits per heavy atom. The lowest BCUT2D eigenvalue weighted by Crippen LogP contribution is -2.44. The van der Waals surface area contributed by atoms with E-state index in [1.54, 1.807) is 17.3 Å². The van der Waals surface area contributed by atoms with Gasteiger partial charge in [0.15, 0.2) is 0 Å². The summed E-state index contributed by atoms with van der Waals surface area (Å²) in [6.45, 7) is 7.18. The maximum absolute atomic E-state index is 13.0. The van der Waals surface area contributed by atoms with Crippen molar-refractivity contribution in [1.82, 2.24) is 35.1 Å². The lowest BCUT2D eigenvalue weighted by atomic mass is 10.0. The fourth-order valence-electron chi connectivity index (χ4n) is 6.99. The number of aromatic nitrogens is 4. The van der Waals surface area contributed by atoms with Crippen molar-refractivity contribution in [2.45, 2.75) is 89.2 Å². The van der Waals surface area contributed by atoms with E-state index in [2.05, 4.69) is 59.2 Å². The summed E-state index contributed by atoms with van der Waals surface area (Å²) in [4.78, 5) is 44.6. The van der Waals surface area contributed by atoms with Gasteiger partial charge in [0, 0.05) is 25.6 Å². The smallest absolute Gasteiger partial charge is 0.410 e. The Hall–Kier alpha value is -4.85. The molecule has 3 N–H and O–H groups in total. The number of nitrogens with one attached hydrogen (secondary N) is 3. The number of carbonyl (C=O) groups excluding carboxylic acids is 2. The van der Waals surface area contributed by atoms with Crippen LogP contribution < -0.4 is 5.32 Å². The van der Waals surface area contributed by atoms with Crippen molar-refractivity contribution in [2.75, 3.05) is 26.7 Å². The van der Waals surface area contributed by atoms with Crippen molar-refractivity contribution in [3.8, 4) is 33.6 Å².